The number of fused-ring (bicyclic) bond motifs is 1. The minimum absolute atomic E-state index is 0.144. The molecule has 2 aliphatic heterocycles. The summed E-state index contributed by atoms with van der Waals surface area (Å²) in [6.07, 6.45) is 10.8. The second kappa shape index (κ2) is 8.65. The largest absolute Gasteiger partial charge is 0.381 e. The van der Waals surface area contributed by atoms with Crippen LogP contribution in [0.5, 0.6) is 0 Å². The maximum absolute atomic E-state index is 12.3. The molecule has 0 aliphatic carbocycles. The molecule has 1 fully saturated rings. The molecule has 8 nitrogen and oxygen atoms in total. The van der Waals surface area contributed by atoms with Gasteiger partial charge in [-0.2, -0.15) is 5.10 Å². The van der Waals surface area contributed by atoms with Crippen molar-refractivity contribution < 1.29 is 9.53 Å². The van der Waals surface area contributed by atoms with Gasteiger partial charge in [0.1, 0.15) is 11.6 Å². The van der Waals surface area contributed by atoms with E-state index in [1.165, 1.54) is 0 Å². The van der Waals surface area contributed by atoms with Gasteiger partial charge in [-0.1, -0.05) is 0 Å². The van der Waals surface area contributed by atoms with Crippen LogP contribution in [0.25, 0.3) is 0 Å². The Labute approximate surface area is 159 Å². The van der Waals surface area contributed by atoms with Crippen molar-refractivity contribution in [3.63, 3.8) is 0 Å². The van der Waals surface area contributed by atoms with E-state index in [2.05, 4.69) is 30.3 Å². The zero-order chi connectivity index (χ0) is 18.5. The normalized spacial score (nSPS) is 20.8. The maximum atomic E-state index is 12.3. The highest BCUT2D eigenvalue weighted by molar-refractivity contribution is 5.76. The quantitative estimate of drug-likeness (QED) is 0.805. The molecule has 1 unspecified atom stereocenters. The molecule has 146 valence electrons. The molecule has 1 amide bonds. The smallest absolute Gasteiger partial charge is 0.220 e. The topological polar surface area (TPSA) is 97.7 Å². The van der Waals surface area contributed by atoms with Crippen molar-refractivity contribution >= 4 is 5.91 Å². The van der Waals surface area contributed by atoms with E-state index in [-0.39, 0.29) is 11.9 Å². The van der Waals surface area contributed by atoms with Gasteiger partial charge in [0.05, 0.1) is 6.20 Å². The molecule has 0 spiro atoms. The van der Waals surface area contributed by atoms with E-state index in [0.29, 0.717) is 12.3 Å². The third-order valence-corrected chi connectivity index (χ3v) is 5.65. The minimum atomic E-state index is 0.144. The monoisotopic (exact) mass is 372 g/mol. The van der Waals surface area contributed by atoms with Gasteiger partial charge < -0.3 is 14.6 Å². The fourth-order valence-corrected chi connectivity index (χ4v) is 4.08. The van der Waals surface area contributed by atoms with E-state index in [1.54, 1.807) is 0 Å². The van der Waals surface area contributed by atoms with Gasteiger partial charge in [-0.05, 0) is 44.1 Å². The van der Waals surface area contributed by atoms with Gasteiger partial charge in [0.25, 0.3) is 0 Å². The molecule has 0 aromatic carbocycles. The molecule has 0 bridgehead atoms. The zero-order valence-corrected chi connectivity index (χ0v) is 15.7. The van der Waals surface area contributed by atoms with Crippen LogP contribution in [0.3, 0.4) is 0 Å². The number of nitrogens with one attached hydrogen (secondary N) is 2. The summed E-state index contributed by atoms with van der Waals surface area (Å²) in [6, 6.07) is 0.218. The van der Waals surface area contributed by atoms with Crippen molar-refractivity contribution in [2.75, 3.05) is 13.2 Å². The van der Waals surface area contributed by atoms with Crippen LogP contribution in [0.2, 0.25) is 0 Å². The molecule has 8 heteroatoms. The molecule has 1 atom stereocenters. The van der Waals surface area contributed by atoms with Crippen molar-refractivity contribution in [1.82, 2.24) is 30.3 Å². The maximum Gasteiger partial charge on any atom is 0.220 e. The van der Waals surface area contributed by atoms with Gasteiger partial charge in [-0.3, -0.25) is 9.89 Å². The van der Waals surface area contributed by atoms with Gasteiger partial charge in [0.15, 0.2) is 0 Å². The molecule has 27 heavy (non-hydrogen) atoms. The van der Waals surface area contributed by atoms with Crippen molar-refractivity contribution in [2.24, 2.45) is 0 Å². The fourth-order valence-electron chi connectivity index (χ4n) is 4.08. The average molecular weight is 372 g/mol. The van der Waals surface area contributed by atoms with E-state index in [4.69, 9.17) is 4.74 Å². The number of aryl methyl sites for hydroxylation is 2. The zero-order valence-electron chi connectivity index (χ0n) is 15.7. The molecule has 2 N–H and O–H groups in total. The summed E-state index contributed by atoms with van der Waals surface area (Å²) in [7, 11) is 0. The predicted octanol–water partition coefficient (Wildman–Crippen LogP) is 1.74. The number of amides is 1. The lowest BCUT2D eigenvalue weighted by atomic mass is 9.99. The summed E-state index contributed by atoms with van der Waals surface area (Å²) < 4.78 is 7.77. The van der Waals surface area contributed by atoms with E-state index >= 15 is 0 Å². The highest BCUT2D eigenvalue weighted by Gasteiger charge is 2.26. The highest BCUT2D eigenvalue weighted by atomic mass is 16.5. The van der Waals surface area contributed by atoms with Crippen LogP contribution in [0.15, 0.2) is 12.4 Å². The summed E-state index contributed by atoms with van der Waals surface area (Å²) in [4.78, 5) is 12.3. The number of rotatable bonds is 6. The van der Waals surface area contributed by atoms with E-state index in [9.17, 15) is 4.79 Å². The number of carbonyl (C=O) groups excluding carboxylic acids is 1. The molecular weight excluding hydrogens is 344 g/mol. The Morgan fingerprint density at radius 2 is 2.15 bits per heavy atom. The Morgan fingerprint density at radius 3 is 2.96 bits per heavy atom. The van der Waals surface area contributed by atoms with Crippen molar-refractivity contribution in [2.45, 2.75) is 69.9 Å². The second-order valence-electron chi connectivity index (χ2n) is 7.56. The van der Waals surface area contributed by atoms with E-state index < -0.39 is 0 Å². The van der Waals surface area contributed by atoms with Crippen LogP contribution in [0, 0.1) is 0 Å². The average Bonchev–Trinajstić information content (AvgIpc) is 3.30. The lowest BCUT2D eigenvalue weighted by Crippen LogP contribution is -2.35. The Kier molecular flexibility index (Phi) is 5.81. The Morgan fingerprint density at radius 1 is 1.26 bits per heavy atom. The van der Waals surface area contributed by atoms with Gasteiger partial charge in [0, 0.05) is 50.8 Å². The summed E-state index contributed by atoms with van der Waals surface area (Å²) in [5, 5.41) is 18.9. The van der Waals surface area contributed by atoms with Crippen LogP contribution in [-0.2, 0) is 28.9 Å². The predicted molar refractivity (Wildman–Crippen MR) is 99.2 cm³/mol. The fraction of sp³-hybridized carbons (Fsp3) is 0.684. The number of ether oxygens (including phenoxy) is 1. The number of aromatic nitrogens is 5. The van der Waals surface area contributed by atoms with Crippen molar-refractivity contribution in [3.05, 3.63) is 29.6 Å². The van der Waals surface area contributed by atoms with Gasteiger partial charge in [0.2, 0.25) is 5.91 Å². The summed E-state index contributed by atoms with van der Waals surface area (Å²) in [6.45, 7) is 2.50. The highest BCUT2D eigenvalue weighted by Crippen LogP contribution is 2.27. The first kappa shape index (κ1) is 18.2. The van der Waals surface area contributed by atoms with Crippen LogP contribution in [0.4, 0.5) is 0 Å². The second-order valence-corrected chi connectivity index (χ2v) is 7.56. The number of carbonyl (C=O) groups is 1. The lowest BCUT2D eigenvalue weighted by Gasteiger charge is -2.22. The van der Waals surface area contributed by atoms with Crippen LogP contribution >= 0.6 is 0 Å². The standard InChI is InChI=1S/C19H28N6O2/c26-18(3-1-2-14-12-20-21-13-14)22-16-4-5-17-23-24-19(25(17)9-6-16)15-7-10-27-11-8-15/h12-13,15-16H,1-11H2,(H,20,21)(H,22,26). The summed E-state index contributed by atoms with van der Waals surface area (Å²) >= 11 is 0. The number of H-pyrrole nitrogens is 1. The van der Waals surface area contributed by atoms with Crippen molar-refractivity contribution in [1.29, 1.82) is 0 Å². The SMILES string of the molecule is O=C(CCCc1cn[nH]c1)NC1CCc2nnc(C3CCOCC3)n2CC1. The third-order valence-electron chi connectivity index (χ3n) is 5.65. The van der Waals surface area contributed by atoms with Crippen LogP contribution < -0.4 is 5.32 Å². The number of hydrogen-bond acceptors (Lipinski definition) is 5. The Hall–Kier alpha value is -2.22. The summed E-state index contributed by atoms with van der Waals surface area (Å²) in [5.41, 5.74) is 1.15. The Bertz CT molecular complexity index is 735. The molecular formula is C19H28N6O2. The first-order chi connectivity index (χ1) is 13.3. The minimum Gasteiger partial charge on any atom is -0.381 e. The molecule has 2 aliphatic rings. The Balaban J connectivity index is 1.27. The number of aromatic amines is 1. The number of nitrogens with zero attached hydrogens (tertiary/aromatic N) is 4. The summed E-state index contributed by atoms with van der Waals surface area (Å²) in [5.74, 6) is 2.77. The molecule has 0 radical (unpaired) electrons. The van der Waals surface area contributed by atoms with E-state index in [0.717, 1.165) is 81.9 Å². The van der Waals surface area contributed by atoms with Crippen molar-refractivity contribution in [3.8, 4) is 0 Å². The molecule has 1 saturated heterocycles. The number of hydrogen-bond donors (Lipinski definition) is 2. The van der Waals surface area contributed by atoms with Gasteiger partial charge in [-0.15, -0.1) is 10.2 Å². The van der Waals surface area contributed by atoms with Crippen LogP contribution in [0.1, 0.15) is 61.7 Å². The van der Waals surface area contributed by atoms with Crippen LogP contribution in [-0.4, -0.2) is 50.1 Å². The first-order valence-corrected chi connectivity index (χ1v) is 10.1. The first-order valence-electron chi connectivity index (χ1n) is 10.1. The molecule has 0 saturated carbocycles. The molecule has 4 heterocycles. The molecule has 2 aromatic rings. The third kappa shape index (κ3) is 4.55. The molecule has 4 rings (SSSR count). The van der Waals surface area contributed by atoms with Gasteiger partial charge in [-0.25, -0.2) is 0 Å². The van der Waals surface area contributed by atoms with E-state index in [1.807, 2.05) is 12.4 Å². The lowest BCUT2D eigenvalue weighted by molar-refractivity contribution is -0.122. The van der Waals surface area contributed by atoms with Gasteiger partial charge >= 0.3 is 0 Å². The molecule has 2 aromatic heterocycles.